The summed E-state index contributed by atoms with van der Waals surface area (Å²) >= 11 is 0. The van der Waals surface area contributed by atoms with Gasteiger partial charge in [-0.1, -0.05) is 0 Å². The molecule has 2 heteroatoms. The van der Waals surface area contributed by atoms with Gasteiger partial charge >= 0.3 is 0 Å². The van der Waals surface area contributed by atoms with E-state index in [0.29, 0.717) is 11.5 Å². The van der Waals surface area contributed by atoms with E-state index in [0.717, 1.165) is 13.2 Å². The minimum atomic E-state index is 0.372. The van der Waals surface area contributed by atoms with E-state index in [4.69, 9.17) is 9.47 Å². The lowest BCUT2D eigenvalue weighted by Gasteiger charge is -2.27. The molecule has 0 N–H and O–H groups in total. The molecule has 1 aliphatic carbocycles. The predicted octanol–water partition coefficient (Wildman–Crippen LogP) is 1.20. The third-order valence-corrected chi connectivity index (χ3v) is 2.66. The Morgan fingerprint density at radius 1 is 1.50 bits per heavy atom. The van der Waals surface area contributed by atoms with Gasteiger partial charge in [0, 0.05) is 7.11 Å². The van der Waals surface area contributed by atoms with Crippen LogP contribution in [0.5, 0.6) is 0 Å². The Balaban J connectivity index is 1.91. The summed E-state index contributed by atoms with van der Waals surface area (Å²) in [5.41, 5.74) is 0.554. The van der Waals surface area contributed by atoms with Crippen molar-refractivity contribution in [3.05, 3.63) is 0 Å². The van der Waals surface area contributed by atoms with E-state index in [1.807, 2.05) is 0 Å². The molecule has 1 aliphatic heterocycles. The fraction of sp³-hybridized carbons (Fsp3) is 1.00. The molecule has 0 bridgehead atoms. The van der Waals surface area contributed by atoms with Gasteiger partial charge in [-0.3, -0.25) is 0 Å². The number of hydrogen-bond acceptors (Lipinski definition) is 2. The molecule has 0 aromatic rings. The van der Waals surface area contributed by atoms with Gasteiger partial charge in [0.2, 0.25) is 0 Å². The fourth-order valence-electron chi connectivity index (χ4n) is 1.68. The van der Waals surface area contributed by atoms with Crippen molar-refractivity contribution in [1.82, 2.24) is 0 Å². The SMILES string of the molecule is CO[C@@H]1COCC2(CC2)C1. The number of rotatable bonds is 1. The highest BCUT2D eigenvalue weighted by Crippen LogP contribution is 2.51. The van der Waals surface area contributed by atoms with Gasteiger partial charge in [0.25, 0.3) is 0 Å². The molecule has 0 radical (unpaired) electrons. The van der Waals surface area contributed by atoms with Crippen molar-refractivity contribution in [2.24, 2.45) is 5.41 Å². The van der Waals surface area contributed by atoms with Crippen LogP contribution in [0.25, 0.3) is 0 Å². The van der Waals surface area contributed by atoms with E-state index in [9.17, 15) is 0 Å². The number of ether oxygens (including phenoxy) is 2. The van der Waals surface area contributed by atoms with Crippen molar-refractivity contribution in [3.63, 3.8) is 0 Å². The van der Waals surface area contributed by atoms with Crippen molar-refractivity contribution in [2.75, 3.05) is 20.3 Å². The smallest absolute Gasteiger partial charge is 0.0810 e. The van der Waals surface area contributed by atoms with Gasteiger partial charge in [0.15, 0.2) is 0 Å². The fourth-order valence-corrected chi connectivity index (χ4v) is 1.68. The van der Waals surface area contributed by atoms with Crippen LogP contribution in [0.3, 0.4) is 0 Å². The summed E-state index contributed by atoms with van der Waals surface area (Å²) in [6.07, 6.45) is 4.31. The van der Waals surface area contributed by atoms with E-state index in [2.05, 4.69) is 0 Å². The van der Waals surface area contributed by atoms with Crippen molar-refractivity contribution in [2.45, 2.75) is 25.4 Å². The van der Waals surface area contributed by atoms with E-state index < -0.39 is 0 Å². The molecule has 1 saturated carbocycles. The Morgan fingerprint density at radius 3 is 2.90 bits per heavy atom. The third kappa shape index (κ3) is 1.06. The van der Waals surface area contributed by atoms with Gasteiger partial charge in [-0.15, -0.1) is 0 Å². The summed E-state index contributed by atoms with van der Waals surface area (Å²) in [6.45, 7) is 1.78. The summed E-state index contributed by atoms with van der Waals surface area (Å²) in [4.78, 5) is 0. The zero-order valence-electron chi connectivity index (χ0n) is 6.43. The number of methoxy groups -OCH3 is 1. The second-order valence-electron chi connectivity index (χ2n) is 3.58. The standard InChI is InChI=1S/C8H14O2/c1-9-7-4-8(2-3-8)6-10-5-7/h7H,2-6H2,1H3/t7-/m0/s1. The maximum atomic E-state index is 5.43. The van der Waals surface area contributed by atoms with Crippen LogP contribution in [0, 0.1) is 5.41 Å². The molecule has 1 heterocycles. The van der Waals surface area contributed by atoms with Gasteiger partial charge in [-0.25, -0.2) is 0 Å². The van der Waals surface area contributed by atoms with Crippen LogP contribution in [-0.4, -0.2) is 26.4 Å². The van der Waals surface area contributed by atoms with Crippen LogP contribution in [0.4, 0.5) is 0 Å². The quantitative estimate of drug-likeness (QED) is 0.547. The van der Waals surface area contributed by atoms with Crippen molar-refractivity contribution < 1.29 is 9.47 Å². The van der Waals surface area contributed by atoms with Gasteiger partial charge in [-0.2, -0.15) is 0 Å². The Hall–Kier alpha value is -0.0800. The van der Waals surface area contributed by atoms with E-state index in [-0.39, 0.29) is 0 Å². The van der Waals surface area contributed by atoms with E-state index in [1.165, 1.54) is 19.3 Å². The van der Waals surface area contributed by atoms with Gasteiger partial charge in [0.1, 0.15) is 0 Å². The topological polar surface area (TPSA) is 18.5 Å². The second-order valence-corrected chi connectivity index (χ2v) is 3.58. The summed E-state index contributed by atoms with van der Waals surface area (Å²) in [6, 6.07) is 0. The van der Waals surface area contributed by atoms with Crippen LogP contribution in [0.15, 0.2) is 0 Å². The van der Waals surface area contributed by atoms with Crippen molar-refractivity contribution in [3.8, 4) is 0 Å². The lowest BCUT2D eigenvalue weighted by molar-refractivity contribution is -0.0633. The minimum Gasteiger partial charge on any atom is -0.379 e. The average Bonchev–Trinajstić information content (AvgIpc) is 2.70. The van der Waals surface area contributed by atoms with Crippen LogP contribution >= 0.6 is 0 Å². The highest BCUT2D eigenvalue weighted by molar-refractivity contribution is 4.96. The Labute approximate surface area is 61.5 Å². The van der Waals surface area contributed by atoms with Gasteiger partial charge in [-0.05, 0) is 24.7 Å². The first-order chi connectivity index (χ1) is 4.85. The first-order valence-corrected chi connectivity index (χ1v) is 3.95. The van der Waals surface area contributed by atoms with E-state index >= 15 is 0 Å². The monoisotopic (exact) mass is 142 g/mol. The molecule has 2 nitrogen and oxygen atoms in total. The molecule has 2 rings (SSSR count). The zero-order chi connectivity index (χ0) is 7.03. The lowest BCUT2D eigenvalue weighted by atomic mass is 9.97. The minimum absolute atomic E-state index is 0.372. The third-order valence-electron chi connectivity index (χ3n) is 2.66. The van der Waals surface area contributed by atoms with Gasteiger partial charge < -0.3 is 9.47 Å². The molecule has 1 saturated heterocycles. The van der Waals surface area contributed by atoms with Crippen LogP contribution < -0.4 is 0 Å². The average molecular weight is 142 g/mol. The molecule has 10 heavy (non-hydrogen) atoms. The van der Waals surface area contributed by atoms with Crippen molar-refractivity contribution in [1.29, 1.82) is 0 Å². The molecular weight excluding hydrogens is 128 g/mol. The summed E-state index contributed by atoms with van der Waals surface area (Å²) in [5.74, 6) is 0. The normalized spacial score (nSPS) is 36.3. The maximum absolute atomic E-state index is 5.43. The first kappa shape index (κ1) is 6.62. The molecule has 1 spiro atoms. The molecule has 0 aromatic heterocycles. The van der Waals surface area contributed by atoms with Crippen LogP contribution in [0.1, 0.15) is 19.3 Å². The zero-order valence-corrected chi connectivity index (χ0v) is 6.43. The van der Waals surface area contributed by atoms with Crippen LogP contribution in [-0.2, 0) is 9.47 Å². The second kappa shape index (κ2) is 2.21. The summed E-state index contributed by atoms with van der Waals surface area (Å²) in [5, 5.41) is 0. The van der Waals surface area contributed by atoms with Gasteiger partial charge in [0.05, 0.1) is 19.3 Å². The molecule has 0 unspecified atom stereocenters. The molecule has 2 aliphatic rings. The molecule has 2 fully saturated rings. The Kier molecular flexibility index (Phi) is 1.46. The largest absolute Gasteiger partial charge is 0.379 e. The number of hydrogen-bond donors (Lipinski definition) is 0. The first-order valence-electron chi connectivity index (χ1n) is 3.95. The highest BCUT2D eigenvalue weighted by Gasteiger charge is 2.46. The lowest BCUT2D eigenvalue weighted by Crippen LogP contribution is -2.31. The predicted molar refractivity (Wildman–Crippen MR) is 37.9 cm³/mol. The Bertz CT molecular complexity index is 129. The van der Waals surface area contributed by atoms with E-state index in [1.54, 1.807) is 7.11 Å². The summed E-state index contributed by atoms with van der Waals surface area (Å²) in [7, 11) is 1.77. The summed E-state index contributed by atoms with van der Waals surface area (Å²) < 4.78 is 10.7. The molecular formula is C8H14O2. The van der Waals surface area contributed by atoms with Crippen molar-refractivity contribution >= 4 is 0 Å². The highest BCUT2D eigenvalue weighted by atomic mass is 16.5. The Morgan fingerprint density at radius 2 is 2.30 bits per heavy atom. The molecule has 0 amide bonds. The molecule has 0 aromatic carbocycles. The molecule has 1 atom stereocenters. The molecule has 58 valence electrons. The maximum Gasteiger partial charge on any atom is 0.0810 e. The van der Waals surface area contributed by atoms with Crippen LogP contribution in [0.2, 0.25) is 0 Å².